The summed E-state index contributed by atoms with van der Waals surface area (Å²) in [5, 5.41) is -0.0856. The van der Waals surface area contributed by atoms with Crippen LogP contribution in [0.2, 0.25) is 5.02 Å². The zero-order valence-electron chi connectivity index (χ0n) is 16.7. The van der Waals surface area contributed by atoms with Gasteiger partial charge in [-0.2, -0.15) is 0 Å². The Hall–Kier alpha value is -3.10. The molecular formula is C22H18ClNO6S. The molecule has 1 saturated heterocycles. The normalized spacial score (nSPS) is 15.0. The highest BCUT2D eigenvalue weighted by Crippen LogP contribution is 2.34. The number of imide groups is 1. The number of nitrogens with zero attached hydrogens (tertiary/aromatic N) is 1. The van der Waals surface area contributed by atoms with E-state index >= 15 is 0 Å². The number of esters is 2. The van der Waals surface area contributed by atoms with Gasteiger partial charge in [0, 0.05) is 10.6 Å². The third kappa shape index (κ3) is 5.74. The Bertz CT molecular complexity index is 1060. The van der Waals surface area contributed by atoms with Crippen LogP contribution in [0.3, 0.4) is 0 Å². The van der Waals surface area contributed by atoms with Crippen molar-refractivity contribution < 1.29 is 28.7 Å². The molecule has 3 rings (SSSR count). The van der Waals surface area contributed by atoms with Crippen LogP contribution < -0.4 is 4.74 Å². The molecule has 2 aromatic carbocycles. The number of halogens is 1. The second-order valence-corrected chi connectivity index (χ2v) is 8.17. The fraction of sp³-hybridized carbons (Fsp3) is 0.182. The summed E-state index contributed by atoms with van der Waals surface area (Å²) in [4.78, 5) is 50.0. The third-order valence-electron chi connectivity index (χ3n) is 4.02. The molecule has 9 heteroatoms. The van der Waals surface area contributed by atoms with E-state index < -0.39 is 29.6 Å². The van der Waals surface area contributed by atoms with Crippen molar-refractivity contribution in [2.75, 3.05) is 6.54 Å². The first-order chi connectivity index (χ1) is 14.7. The lowest BCUT2D eigenvalue weighted by atomic mass is 10.1. The van der Waals surface area contributed by atoms with Gasteiger partial charge in [-0.1, -0.05) is 29.8 Å². The second kappa shape index (κ2) is 9.80. The monoisotopic (exact) mass is 459 g/mol. The maximum absolute atomic E-state index is 12.6. The minimum Gasteiger partial charge on any atom is -0.462 e. The quantitative estimate of drug-likeness (QED) is 0.355. The first-order valence-electron chi connectivity index (χ1n) is 9.26. The number of ether oxygens (including phenoxy) is 2. The number of rotatable bonds is 6. The van der Waals surface area contributed by atoms with Gasteiger partial charge in [0.2, 0.25) is 0 Å². The lowest BCUT2D eigenvalue weighted by Gasteiger charge is -2.13. The van der Waals surface area contributed by atoms with Gasteiger partial charge in [-0.3, -0.25) is 19.3 Å². The molecule has 1 fully saturated rings. The number of amides is 2. The number of para-hydroxylation sites is 1. The first-order valence-corrected chi connectivity index (χ1v) is 10.5. The van der Waals surface area contributed by atoms with Gasteiger partial charge in [0.05, 0.1) is 16.6 Å². The Morgan fingerprint density at radius 2 is 1.77 bits per heavy atom. The lowest BCUT2D eigenvalue weighted by Crippen LogP contribution is -2.35. The van der Waals surface area contributed by atoms with Crippen molar-refractivity contribution in [3.05, 3.63) is 69.6 Å². The van der Waals surface area contributed by atoms with E-state index in [1.54, 1.807) is 50.2 Å². The zero-order valence-corrected chi connectivity index (χ0v) is 18.2. The van der Waals surface area contributed by atoms with Gasteiger partial charge in [0.15, 0.2) is 0 Å². The van der Waals surface area contributed by atoms with E-state index in [-0.39, 0.29) is 16.8 Å². The summed E-state index contributed by atoms with van der Waals surface area (Å²) in [6.07, 6.45) is 1.09. The maximum Gasteiger partial charge on any atom is 0.343 e. The molecule has 31 heavy (non-hydrogen) atoms. The molecule has 1 aliphatic rings. The van der Waals surface area contributed by atoms with Crippen molar-refractivity contribution >= 4 is 52.5 Å². The molecule has 0 radical (unpaired) electrons. The molecular weight excluding hydrogens is 442 g/mol. The lowest BCUT2D eigenvalue weighted by molar-refractivity contribution is -0.149. The largest absolute Gasteiger partial charge is 0.462 e. The van der Waals surface area contributed by atoms with Gasteiger partial charge in [-0.25, -0.2) is 4.79 Å². The fourth-order valence-corrected chi connectivity index (χ4v) is 3.60. The molecule has 1 heterocycles. The van der Waals surface area contributed by atoms with Gasteiger partial charge in [-0.05, 0) is 62.0 Å². The smallest absolute Gasteiger partial charge is 0.343 e. The van der Waals surface area contributed by atoms with E-state index in [9.17, 15) is 19.2 Å². The highest BCUT2D eigenvalue weighted by molar-refractivity contribution is 8.18. The summed E-state index contributed by atoms with van der Waals surface area (Å²) < 4.78 is 10.5. The molecule has 160 valence electrons. The highest BCUT2D eigenvalue weighted by atomic mass is 35.5. The number of benzene rings is 2. The van der Waals surface area contributed by atoms with Crippen LogP contribution in [0.4, 0.5) is 4.79 Å². The first kappa shape index (κ1) is 22.6. The predicted molar refractivity (Wildman–Crippen MR) is 117 cm³/mol. The van der Waals surface area contributed by atoms with E-state index in [1.807, 2.05) is 0 Å². The third-order valence-corrected chi connectivity index (χ3v) is 5.18. The molecule has 0 unspecified atom stereocenters. The zero-order chi connectivity index (χ0) is 22.5. The minimum atomic E-state index is -0.671. The number of carbonyl (C=O) groups excluding carboxylic acids is 4. The Morgan fingerprint density at radius 3 is 2.45 bits per heavy atom. The van der Waals surface area contributed by atoms with Crippen LogP contribution in [0.25, 0.3) is 6.08 Å². The minimum absolute atomic E-state index is 0.109. The van der Waals surface area contributed by atoms with Crippen LogP contribution in [0.1, 0.15) is 29.8 Å². The van der Waals surface area contributed by atoms with Crippen molar-refractivity contribution in [3.8, 4) is 5.75 Å². The van der Waals surface area contributed by atoms with Gasteiger partial charge in [0.25, 0.3) is 11.1 Å². The van der Waals surface area contributed by atoms with E-state index in [0.29, 0.717) is 27.9 Å². The molecule has 0 aliphatic carbocycles. The number of hydrogen-bond donors (Lipinski definition) is 0. The molecule has 0 saturated carbocycles. The Kier molecular flexibility index (Phi) is 7.14. The van der Waals surface area contributed by atoms with Crippen molar-refractivity contribution in [1.29, 1.82) is 0 Å². The van der Waals surface area contributed by atoms with Gasteiger partial charge < -0.3 is 9.47 Å². The highest BCUT2D eigenvalue weighted by Gasteiger charge is 2.37. The molecule has 0 bridgehead atoms. The molecule has 7 nitrogen and oxygen atoms in total. The van der Waals surface area contributed by atoms with Gasteiger partial charge >= 0.3 is 11.9 Å². The standard InChI is InChI=1S/C22H18ClNO6S/c1-13(2)29-19(25)12-24-20(26)18(31-22(24)28)11-15-5-3-4-6-17(15)30-21(27)14-7-9-16(23)10-8-14/h3-11,13H,12H2,1-2H3/b18-11-. The summed E-state index contributed by atoms with van der Waals surface area (Å²) in [6, 6.07) is 12.8. The topological polar surface area (TPSA) is 90.0 Å². The molecule has 2 amide bonds. The molecule has 0 atom stereocenters. The molecule has 0 spiro atoms. The summed E-state index contributed by atoms with van der Waals surface area (Å²) >= 11 is 6.53. The number of hydrogen-bond acceptors (Lipinski definition) is 7. The SMILES string of the molecule is CC(C)OC(=O)CN1C(=O)S/C(=C\c2ccccc2OC(=O)c2ccc(Cl)cc2)C1=O. The summed E-state index contributed by atoms with van der Waals surface area (Å²) in [6.45, 7) is 2.88. The van der Waals surface area contributed by atoms with Crippen LogP contribution in [0, 0.1) is 0 Å². The van der Waals surface area contributed by atoms with Crippen LogP contribution >= 0.6 is 23.4 Å². The molecule has 1 aliphatic heterocycles. The average molecular weight is 460 g/mol. The maximum atomic E-state index is 12.6. The van der Waals surface area contributed by atoms with E-state index in [4.69, 9.17) is 21.1 Å². The van der Waals surface area contributed by atoms with Crippen molar-refractivity contribution in [3.63, 3.8) is 0 Å². The van der Waals surface area contributed by atoms with Gasteiger partial charge in [0.1, 0.15) is 12.3 Å². The molecule has 0 N–H and O–H groups in total. The van der Waals surface area contributed by atoms with Crippen molar-refractivity contribution in [1.82, 2.24) is 4.90 Å². The van der Waals surface area contributed by atoms with E-state index in [0.717, 1.165) is 4.90 Å². The Morgan fingerprint density at radius 1 is 1.10 bits per heavy atom. The predicted octanol–water partition coefficient (Wildman–Crippen LogP) is 4.55. The van der Waals surface area contributed by atoms with E-state index in [2.05, 4.69) is 0 Å². The Balaban J connectivity index is 1.78. The summed E-state index contributed by atoms with van der Waals surface area (Å²) in [5.74, 6) is -1.67. The Labute approximate surface area is 188 Å². The van der Waals surface area contributed by atoms with Crippen LogP contribution in [-0.4, -0.2) is 40.6 Å². The van der Waals surface area contributed by atoms with E-state index in [1.165, 1.54) is 18.2 Å². The van der Waals surface area contributed by atoms with Crippen molar-refractivity contribution in [2.45, 2.75) is 20.0 Å². The van der Waals surface area contributed by atoms with Crippen LogP contribution in [0.5, 0.6) is 5.75 Å². The van der Waals surface area contributed by atoms with Crippen molar-refractivity contribution in [2.24, 2.45) is 0 Å². The van der Waals surface area contributed by atoms with Crippen LogP contribution in [-0.2, 0) is 14.3 Å². The number of thioether (sulfide) groups is 1. The molecule has 0 aromatic heterocycles. The number of carbonyl (C=O) groups is 4. The van der Waals surface area contributed by atoms with Crippen LogP contribution in [0.15, 0.2) is 53.4 Å². The average Bonchev–Trinajstić information content (AvgIpc) is 2.96. The molecule has 2 aromatic rings. The fourth-order valence-electron chi connectivity index (χ4n) is 2.64. The van der Waals surface area contributed by atoms with Gasteiger partial charge in [-0.15, -0.1) is 0 Å². The summed E-state index contributed by atoms with van der Waals surface area (Å²) in [7, 11) is 0. The second-order valence-electron chi connectivity index (χ2n) is 6.74. The summed E-state index contributed by atoms with van der Waals surface area (Å²) in [5.41, 5.74) is 0.739.